The molecular weight excluding hydrogens is 344 g/mol. The molecule has 2 aliphatic carbocycles. The lowest BCUT2D eigenvalue weighted by molar-refractivity contribution is -0.161. The fraction of sp³-hybridized carbons (Fsp3) is 0.591. The molecule has 0 spiro atoms. The zero-order valence-corrected chi connectivity index (χ0v) is 16.5. The van der Waals surface area contributed by atoms with Crippen LogP contribution >= 0.6 is 0 Å². The molecule has 0 bridgehead atoms. The number of fused-ring (bicyclic) bond motifs is 1. The predicted molar refractivity (Wildman–Crippen MR) is 101 cm³/mol. The molecule has 0 aromatic heterocycles. The molecule has 1 heterocycles. The van der Waals surface area contributed by atoms with Gasteiger partial charge in [-0.25, -0.2) is 0 Å². The number of rotatable bonds is 4. The third-order valence-corrected chi connectivity index (χ3v) is 6.58. The van der Waals surface area contributed by atoms with Crippen LogP contribution in [0.2, 0.25) is 0 Å². The fourth-order valence-corrected chi connectivity index (χ4v) is 4.33. The molecule has 3 aliphatic rings. The molecule has 0 N–H and O–H groups in total. The first-order valence-corrected chi connectivity index (χ1v) is 9.63. The van der Waals surface area contributed by atoms with E-state index in [0.29, 0.717) is 19.3 Å². The molecule has 1 fully saturated rings. The van der Waals surface area contributed by atoms with Crippen molar-refractivity contribution >= 4 is 17.7 Å². The maximum absolute atomic E-state index is 12.6. The molecule has 0 aromatic rings. The van der Waals surface area contributed by atoms with Crippen LogP contribution in [0.3, 0.4) is 0 Å². The fourth-order valence-electron chi connectivity index (χ4n) is 4.33. The van der Waals surface area contributed by atoms with Gasteiger partial charge in [-0.3, -0.25) is 14.4 Å². The van der Waals surface area contributed by atoms with Crippen molar-refractivity contribution in [1.82, 2.24) is 0 Å². The third-order valence-electron chi connectivity index (χ3n) is 6.58. The Hall–Kier alpha value is -2.17. The number of cyclic esters (lactones) is 1. The van der Waals surface area contributed by atoms with Crippen LogP contribution in [0.4, 0.5) is 0 Å². The Morgan fingerprint density at radius 3 is 2.70 bits per heavy atom. The summed E-state index contributed by atoms with van der Waals surface area (Å²) in [7, 11) is 0. The minimum absolute atomic E-state index is 0.0194. The molecule has 1 aliphatic heterocycles. The Kier molecular flexibility index (Phi) is 5.15. The van der Waals surface area contributed by atoms with E-state index in [1.807, 2.05) is 19.1 Å². The van der Waals surface area contributed by atoms with E-state index in [-0.39, 0.29) is 41.1 Å². The molecule has 6 atom stereocenters. The molecule has 5 heteroatoms. The molecule has 0 amide bonds. The van der Waals surface area contributed by atoms with E-state index in [1.165, 1.54) is 0 Å². The molecular formula is C22H28O5. The number of ether oxygens (including phenoxy) is 2. The molecule has 0 aromatic carbocycles. The molecule has 27 heavy (non-hydrogen) atoms. The highest BCUT2D eigenvalue weighted by Crippen LogP contribution is 2.50. The second kappa shape index (κ2) is 7.10. The number of carbonyl (C=O) groups is 3. The number of esters is 2. The van der Waals surface area contributed by atoms with Gasteiger partial charge in [0.2, 0.25) is 0 Å². The van der Waals surface area contributed by atoms with Gasteiger partial charge in [0.25, 0.3) is 0 Å². The van der Waals surface area contributed by atoms with Gasteiger partial charge in [0.15, 0.2) is 5.78 Å². The van der Waals surface area contributed by atoms with E-state index in [9.17, 15) is 14.4 Å². The lowest BCUT2D eigenvalue weighted by Gasteiger charge is -2.46. The van der Waals surface area contributed by atoms with Crippen molar-refractivity contribution in [2.45, 2.75) is 59.2 Å². The Morgan fingerprint density at radius 2 is 2.11 bits per heavy atom. The van der Waals surface area contributed by atoms with Gasteiger partial charge >= 0.3 is 11.9 Å². The molecule has 0 radical (unpaired) electrons. The first-order chi connectivity index (χ1) is 12.6. The van der Waals surface area contributed by atoms with Crippen molar-refractivity contribution in [3.63, 3.8) is 0 Å². The number of hydrogen-bond acceptors (Lipinski definition) is 5. The zero-order chi connectivity index (χ0) is 19.9. The molecule has 5 nitrogen and oxygen atoms in total. The average Bonchev–Trinajstić information content (AvgIpc) is 3.04. The summed E-state index contributed by atoms with van der Waals surface area (Å²) in [6.45, 7) is 11.8. The lowest BCUT2D eigenvalue weighted by atomic mass is 9.59. The Labute approximate surface area is 160 Å². The van der Waals surface area contributed by atoms with E-state index in [2.05, 4.69) is 20.4 Å². The van der Waals surface area contributed by atoms with Crippen LogP contribution in [0.15, 0.2) is 36.0 Å². The summed E-state index contributed by atoms with van der Waals surface area (Å²) in [6.07, 6.45) is 6.28. The van der Waals surface area contributed by atoms with Crippen LogP contribution in [0.5, 0.6) is 0 Å². The number of ketones is 1. The number of hydrogen-bond donors (Lipinski definition) is 0. The summed E-state index contributed by atoms with van der Waals surface area (Å²) in [5.74, 6) is -1.18. The SMILES string of the molecule is C=C(C)C1CC2(C)C(=CC1=O)C=CC(OC(=O)C(C)C1CCC(=O)O1)C2C. The second-order valence-electron chi connectivity index (χ2n) is 8.43. The smallest absolute Gasteiger partial charge is 0.313 e. The maximum Gasteiger partial charge on any atom is 0.313 e. The summed E-state index contributed by atoms with van der Waals surface area (Å²) < 4.78 is 11.0. The van der Waals surface area contributed by atoms with Crippen molar-refractivity contribution in [3.8, 4) is 0 Å². The highest BCUT2D eigenvalue weighted by molar-refractivity contribution is 5.96. The lowest BCUT2D eigenvalue weighted by Crippen LogP contribution is -2.45. The molecule has 6 unspecified atom stereocenters. The number of carbonyl (C=O) groups excluding carboxylic acids is 3. The minimum atomic E-state index is -0.488. The number of allylic oxidation sites excluding steroid dienone is 4. The maximum atomic E-state index is 12.6. The van der Waals surface area contributed by atoms with Crippen LogP contribution in [0, 0.1) is 23.2 Å². The van der Waals surface area contributed by atoms with E-state index in [4.69, 9.17) is 9.47 Å². The quantitative estimate of drug-likeness (QED) is 0.558. The first-order valence-electron chi connectivity index (χ1n) is 9.63. The van der Waals surface area contributed by atoms with Crippen molar-refractivity contribution < 1.29 is 23.9 Å². The predicted octanol–water partition coefficient (Wildman–Crippen LogP) is 3.54. The highest BCUT2D eigenvalue weighted by Gasteiger charge is 2.47. The summed E-state index contributed by atoms with van der Waals surface area (Å²) in [4.78, 5) is 36.3. The van der Waals surface area contributed by atoms with Crippen molar-refractivity contribution in [2.75, 3.05) is 0 Å². The second-order valence-corrected chi connectivity index (χ2v) is 8.43. The van der Waals surface area contributed by atoms with Gasteiger partial charge in [-0.05, 0) is 44.4 Å². The normalized spacial score (nSPS) is 36.5. The Morgan fingerprint density at radius 1 is 1.41 bits per heavy atom. The summed E-state index contributed by atoms with van der Waals surface area (Å²) in [6, 6.07) is 0. The minimum Gasteiger partial charge on any atom is -0.461 e. The first kappa shape index (κ1) is 19.6. The van der Waals surface area contributed by atoms with Gasteiger partial charge in [0.1, 0.15) is 12.2 Å². The standard InChI is InChI=1S/C22H28O5/c1-12(2)16-11-22(5)14(4)19(7-6-15(22)10-17(16)23)27-21(25)13(3)18-8-9-20(24)26-18/h6-7,10,13-14,16,18-19H,1,8-9,11H2,2-5H3. The Bertz CT molecular complexity index is 746. The van der Waals surface area contributed by atoms with Crippen LogP contribution in [-0.4, -0.2) is 29.9 Å². The van der Waals surface area contributed by atoms with E-state index in [1.54, 1.807) is 13.0 Å². The average molecular weight is 372 g/mol. The van der Waals surface area contributed by atoms with Crippen LogP contribution in [0.25, 0.3) is 0 Å². The topological polar surface area (TPSA) is 69.7 Å². The van der Waals surface area contributed by atoms with Crippen LogP contribution in [-0.2, 0) is 23.9 Å². The van der Waals surface area contributed by atoms with Gasteiger partial charge in [-0.1, -0.05) is 32.1 Å². The highest BCUT2D eigenvalue weighted by atomic mass is 16.6. The van der Waals surface area contributed by atoms with Crippen LogP contribution < -0.4 is 0 Å². The van der Waals surface area contributed by atoms with Crippen molar-refractivity contribution in [1.29, 1.82) is 0 Å². The van der Waals surface area contributed by atoms with Crippen molar-refractivity contribution in [3.05, 3.63) is 36.0 Å². The van der Waals surface area contributed by atoms with Crippen LogP contribution in [0.1, 0.15) is 47.0 Å². The van der Waals surface area contributed by atoms with Crippen molar-refractivity contribution in [2.24, 2.45) is 23.2 Å². The molecule has 3 rings (SSSR count). The van der Waals surface area contributed by atoms with E-state index in [0.717, 1.165) is 11.1 Å². The van der Waals surface area contributed by atoms with E-state index < -0.39 is 12.0 Å². The Balaban J connectivity index is 1.75. The third kappa shape index (κ3) is 3.52. The molecule has 146 valence electrons. The largest absolute Gasteiger partial charge is 0.461 e. The van der Waals surface area contributed by atoms with Gasteiger partial charge in [0, 0.05) is 23.7 Å². The molecule has 1 saturated heterocycles. The summed E-state index contributed by atoms with van der Waals surface area (Å²) >= 11 is 0. The van der Waals surface area contributed by atoms with Gasteiger partial charge in [-0.15, -0.1) is 0 Å². The van der Waals surface area contributed by atoms with Gasteiger partial charge in [0.05, 0.1) is 5.92 Å². The van der Waals surface area contributed by atoms with E-state index >= 15 is 0 Å². The summed E-state index contributed by atoms with van der Waals surface area (Å²) in [5, 5.41) is 0. The summed E-state index contributed by atoms with van der Waals surface area (Å²) in [5.41, 5.74) is 1.59. The van der Waals surface area contributed by atoms with Gasteiger partial charge in [-0.2, -0.15) is 0 Å². The van der Waals surface area contributed by atoms with Gasteiger partial charge < -0.3 is 9.47 Å². The monoisotopic (exact) mass is 372 g/mol. The zero-order valence-electron chi connectivity index (χ0n) is 16.5. The molecule has 0 saturated carbocycles.